The molecule has 0 fully saturated rings. The Morgan fingerprint density at radius 2 is 1.85 bits per heavy atom. The fourth-order valence-electron chi connectivity index (χ4n) is 1.77. The zero-order valence-corrected chi connectivity index (χ0v) is 12.2. The maximum atomic E-state index is 12.0. The summed E-state index contributed by atoms with van der Waals surface area (Å²) in [5.41, 5.74) is 2.61. The largest absolute Gasteiger partial charge is 0.359 e. The molecule has 2 N–H and O–H groups in total. The number of hydrogen-bond acceptors (Lipinski definition) is 3. The number of carbonyl (C=O) groups excluding carboxylic acids is 2. The van der Waals surface area contributed by atoms with Gasteiger partial charge in [0.1, 0.15) is 0 Å². The van der Waals surface area contributed by atoms with Crippen LogP contribution in [0.2, 0.25) is 0 Å². The third-order valence-electron chi connectivity index (χ3n) is 2.92. The molecule has 0 saturated heterocycles. The van der Waals surface area contributed by atoms with Crippen LogP contribution in [-0.2, 0) is 11.2 Å². The second-order valence-electron chi connectivity index (χ2n) is 4.43. The van der Waals surface area contributed by atoms with Crippen LogP contribution < -0.4 is 10.6 Å². The molecule has 1 heterocycles. The van der Waals surface area contributed by atoms with E-state index in [-0.39, 0.29) is 11.8 Å². The Morgan fingerprint density at radius 3 is 2.40 bits per heavy atom. The maximum Gasteiger partial charge on any atom is 0.265 e. The highest BCUT2D eigenvalue weighted by molar-refractivity contribution is 7.12. The van der Waals surface area contributed by atoms with E-state index in [0.717, 1.165) is 21.7 Å². The number of rotatable bonds is 4. The molecular formula is C15H16N2O2S. The summed E-state index contributed by atoms with van der Waals surface area (Å²) in [6.45, 7) is 1.91. The predicted octanol–water partition coefficient (Wildman–Crippen LogP) is 2.60. The lowest BCUT2D eigenvalue weighted by Crippen LogP contribution is -2.19. The average Bonchev–Trinajstić information content (AvgIpc) is 2.87. The second kappa shape index (κ2) is 6.34. The molecule has 104 valence electrons. The third-order valence-corrected chi connectivity index (χ3v) is 3.94. The average molecular weight is 288 g/mol. The van der Waals surface area contributed by atoms with Gasteiger partial charge in [-0.3, -0.25) is 9.59 Å². The summed E-state index contributed by atoms with van der Waals surface area (Å²) in [6.07, 6.45) is 0.342. The lowest BCUT2D eigenvalue weighted by Gasteiger charge is -2.06. The summed E-state index contributed by atoms with van der Waals surface area (Å²) in [4.78, 5) is 24.0. The number of benzene rings is 1. The van der Waals surface area contributed by atoms with Crippen molar-refractivity contribution in [1.82, 2.24) is 5.32 Å². The highest BCUT2D eigenvalue weighted by Crippen LogP contribution is 2.18. The van der Waals surface area contributed by atoms with Gasteiger partial charge >= 0.3 is 0 Å². The van der Waals surface area contributed by atoms with E-state index in [1.54, 1.807) is 19.2 Å². The Labute approximate surface area is 121 Å². The van der Waals surface area contributed by atoms with Crippen molar-refractivity contribution in [2.75, 3.05) is 12.4 Å². The van der Waals surface area contributed by atoms with E-state index in [1.807, 2.05) is 30.5 Å². The minimum absolute atomic E-state index is 0.0315. The molecule has 2 amide bonds. The van der Waals surface area contributed by atoms with Crippen molar-refractivity contribution in [3.05, 3.63) is 51.7 Å². The lowest BCUT2D eigenvalue weighted by molar-refractivity contribution is -0.119. The van der Waals surface area contributed by atoms with Crippen molar-refractivity contribution in [2.24, 2.45) is 0 Å². The van der Waals surface area contributed by atoms with Crippen molar-refractivity contribution >= 4 is 28.8 Å². The van der Waals surface area contributed by atoms with Gasteiger partial charge in [0.15, 0.2) is 0 Å². The van der Waals surface area contributed by atoms with Crippen molar-refractivity contribution < 1.29 is 9.59 Å². The molecule has 0 bridgehead atoms. The topological polar surface area (TPSA) is 58.2 Å². The van der Waals surface area contributed by atoms with Crippen LogP contribution in [0.4, 0.5) is 5.69 Å². The first kappa shape index (κ1) is 14.3. The molecule has 4 nitrogen and oxygen atoms in total. The molecule has 2 aromatic rings. The lowest BCUT2D eigenvalue weighted by atomic mass is 10.1. The van der Waals surface area contributed by atoms with Gasteiger partial charge in [0, 0.05) is 12.7 Å². The van der Waals surface area contributed by atoms with Crippen LogP contribution in [0, 0.1) is 6.92 Å². The van der Waals surface area contributed by atoms with Crippen molar-refractivity contribution in [2.45, 2.75) is 13.3 Å². The van der Waals surface area contributed by atoms with Crippen molar-refractivity contribution in [3.8, 4) is 0 Å². The first-order chi connectivity index (χ1) is 9.60. The normalized spacial score (nSPS) is 10.1. The molecule has 0 aliphatic rings. The molecule has 0 aliphatic heterocycles. The highest BCUT2D eigenvalue weighted by atomic mass is 32.1. The summed E-state index contributed by atoms with van der Waals surface area (Å²) < 4.78 is 0. The predicted molar refractivity (Wildman–Crippen MR) is 81.2 cm³/mol. The van der Waals surface area contributed by atoms with Gasteiger partial charge in [-0.15, -0.1) is 11.3 Å². The molecule has 0 radical (unpaired) electrons. The Kier molecular flexibility index (Phi) is 4.53. The third kappa shape index (κ3) is 3.45. The number of aryl methyl sites for hydroxylation is 1. The smallest absolute Gasteiger partial charge is 0.265 e. The van der Waals surface area contributed by atoms with Crippen LogP contribution >= 0.6 is 11.3 Å². The summed E-state index contributed by atoms with van der Waals surface area (Å²) in [5.74, 6) is -0.132. The van der Waals surface area contributed by atoms with Gasteiger partial charge in [-0.05, 0) is 41.6 Å². The van der Waals surface area contributed by atoms with Gasteiger partial charge in [-0.25, -0.2) is 0 Å². The van der Waals surface area contributed by atoms with E-state index in [1.165, 1.54) is 11.3 Å². The molecule has 1 aromatic carbocycles. The number of anilines is 1. The zero-order chi connectivity index (χ0) is 14.5. The molecule has 0 aliphatic carbocycles. The number of hydrogen-bond donors (Lipinski definition) is 2. The molecule has 20 heavy (non-hydrogen) atoms. The quantitative estimate of drug-likeness (QED) is 0.908. The monoisotopic (exact) mass is 288 g/mol. The van der Waals surface area contributed by atoms with Crippen LogP contribution in [0.15, 0.2) is 35.7 Å². The van der Waals surface area contributed by atoms with Crippen LogP contribution in [-0.4, -0.2) is 18.9 Å². The molecule has 5 heteroatoms. The second-order valence-corrected chi connectivity index (χ2v) is 5.35. The number of carbonyl (C=O) groups is 2. The first-order valence-corrected chi connectivity index (χ1v) is 7.13. The minimum atomic E-state index is -0.100. The zero-order valence-electron chi connectivity index (χ0n) is 11.4. The summed E-state index contributed by atoms with van der Waals surface area (Å²) in [7, 11) is 1.61. The number of likely N-dealkylation sites (N-methyl/N-ethyl adjacent to an activating group) is 1. The van der Waals surface area contributed by atoms with Crippen LogP contribution in [0.1, 0.15) is 20.8 Å². The van der Waals surface area contributed by atoms with Crippen LogP contribution in [0.5, 0.6) is 0 Å². The summed E-state index contributed by atoms with van der Waals surface area (Å²) in [5, 5.41) is 7.33. The highest BCUT2D eigenvalue weighted by Gasteiger charge is 2.10. The molecule has 0 saturated carbocycles. The van der Waals surface area contributed by atoms with E-state index in [4.69, 9.17) is 0 Å². The summed E-state index contributed by atoms with van der Waals surface area (Å²) >= 11 is 1.43. The van der Waals surface area contributed by atoms with Gasteiger partial charge in [-0.2, -0.15) is 0 Å². The van der Waals surface area contributed by atoms with Gasteiger partial charge < -0.3 is 10.6 Å². The van der Waals surface area contributed by atoms with E-state index < -0.39 is 0 Å². The molecule has 0 spiro atoms. The van der Waals surface area contributed by atoms with Gasteiger partial charge in [0.2, 0.25) is 5.91 Å². The Morgan fingerprint density at radius 1 is 1.15 bits per heavy atom. The first-order valence-electron chi connectivity index (χ1n) is 6.25. The number of amides is 2. The van der Waals surface area contributed by atoms with Gasteiger partial charge in [-0.1, -0.05) is 12.1 Å². The van der Waals surface area contributed by atoms with Gasteiger partial charge in [0.25, 0.3) is 5.91 Å². The fraction of sp³-hybridized carbons (Fsp3) is 0.200. The Bertz CT molecular complexity index is 617. The van der Waals surface area contributed by atoms with Gasteiger partial charge in [0.05, 0.1) is 11.3 Å². The summed E-state index contributed by atoms with van der Waals surface area (Å²) in [6, 6.07) is 9.21. The fourth-order valence-corrected chi connectivity index (χ4v) is 2.59. The minimum Gasteiger partial charge on any atom is -0.359 e. The number of thiophene rings is 1. The van der Waals surface area contributed by atoms with Crippen molar-refractivity contribution in [1.29, 1.82) is 0 Å². The van der Waals surface area contributed by atoms with E-state index in [0.29, 0.717) is 6.42 Å². The van der Waals surface area contributed by atoms with Crippen molar-refractivity contribution in [3.63, 3.8) is 0 Å². The van der Waals surface area contributed by atoms with Crippen LogP contribution in [0.3, 0.4) is 0 Å². The Balaban J connectivity index is 2.02. The van der Waals surface area contributed by atoms with Crippen LogP contribution in [0.25, 0.3) is 0 Å². The molecule has 0 unspecified atom stereocenters. The molecular weight excluding hydrogens is 272 g/mol. The Hall–Kier alpha value is -2.14. The SMILES string of the molecule is CNC(=O)Cc1ccc(NC(=O)c2sccc2C)cc1. The van der Waals surface area contributed by atoms with E-state index in [9.17, 15) is 9.59 Å². The maximum absolute atomic E-state index is 12.0. The standard InChI is InChI=1S/C15H16N2O2S/c1-10-7-8-20-14(10)15(19)17-12-5-3-11(4-6-12)9-13(18)16-2/h3-8H,9H2,1-2H3,(H,16,18)(H,17,19). The molecule has 0 atom stereocenters. The van der Waals surface area contributed by atoms with E-state index in [2.05, 4.69) is 10.6 Å². The molecule has 2 rings (SSSR count). The van der Waals surface area contributed by atoms with E-state index >= 15 is 0 Å². The molecule has 1 aromatic heterocycles. The number of nitrogens with one attached hydrogen (secondary N) is 2.